The van der Waals surface area contributed by atoms with Crippen molar-refractivity contribution < 1.29 is 0 Å². The highest BCUT2D eigenvalue weighted by Gasteiger charge is 2.06. The van der Waals surface area contributed by atoms with Crippen LogP contribution in [-0.4, -0.2) is 14.8 Å². The summed E-state index contributed by atoms with van der Waals surface area (Å²) in [6.07, 6.45) is 1.99. The van der Waals surface area contributed by atoms with E-state index in [0.717, 1.165) is 22.5 Å². The number of benzene rings is 1. The molecule has 1 heterocycles. The summed E-state index contributed by atoms with van der Waals surface area (Å²) in [6, 6.07) is 5.50. The molecule has 2 rings (SSSR count). The summed E-state index contributed by atoms with van der Waals surface area (Å²) >= 11 is 11.1. The Labute approximate surface area is 122 Å². The van der Waals surface area contributed by atoms with Gasteiger partial charge in [-0.05, 0) is 25.1 Å². The van der Waals surface area contributed by atoms with Crippen molar-refractivity contribution in [2.24, 2.45) is 12.8 Å². The monoisotopic (exact) mass is 294 g/mol. The van der Waals surface area contributed by atoms with Crippen molar-refractivity contribution in [1.82, 2.24) is 9.78 Å². The minimum Gasteiger partial charge on any atom is -0.389 e. The number of halogens is 1. The first-order valence-corrected chi connectivity index (χ1v) is 6.58. The van der Waals surface area contributed by atoms with Gasteiger partial charge in [0.1, 0.15) is 4.99 Å². The van der Waals surface area contributed by atoms with Gasteiger partial charge in [-0.3, -0.25) is 4.68 Å². The third-order valence-corrected chi connectivity index (χ3v) is 3.39. The van der Waals surface area contributed by atoms with Gasteiger partial charge in [0.05, 0.1) is 16.4 Å². The van der Waals surface area contributed by atoms with Crippen LogP contribution in [0, 0.1) is 6.92 Å². The van der Waals surface area contributed by atoms with Gasteiger partial charge in [0, 0.05) is 30.9 Å². The van der Waals surface area contributed by atoms with Crippen LogP contribution in [0.1, 0.15) is 16.8 Å². The van der Waals surface area contributed by atoms with Gasteiger partial charge in [-0.2, -0.15) is 5.10 Å². The summed E-state index contributed by atoms with van der Waals surface area (Å²) in [6.45, 7) is 2.65. The molecule has 100 valence electrons. The first-order chi connectivity index (χ1) is 8.97. The molecule has 0 amide bonds. The van der Waals surface area contributed by atoms with Crippen molar-refractivity contribution in [1.29, 1.82) is 0 Å². The second-order valence-electron chi connectivity index (χ2n) is 4.33. The summed E-state index contributed by atoms with van der Waals surface area (Å²) in [7, 11) is 1.90. The van der Waals surface area contributed by atoms with E-state index in [1.54, 1.807) is 10.7 Å². The second kappa shape index (κ2) is 5.59. The number of aryl methyl sites for hydroxylation is 2. The lowest BCUT2D eigenvalue weighted by Crippen LogP contribution is -2.09. The normalized spacial score (nSPS) is 10.5. The molecular weight excluding hydrogens is 280 g/mol. The molecule has 3 N–H and O–H groups in total. The third kappa shape index (κ3) is 3.24. The van der Waals surface area contributed by atoms with Crippen LogP contribution in [0.5, 0.6) is 0 Å². The number of thiocarbonyl (C=S) groups is 1. The lowest BCUT2D eigenvalue weighted by atomic mass is 10.2. The molecule has 0 aliphatic carbocycles. The van der Waals surface area contributed by atoms with Crippen LogP contribution < -0.4 is 11.1 Å². The van der Waals surface area contributed by atoms with Gasteiger partial charge in [0.25, 0.3) is 0 Å². The number of nitrogens with zero attached hydrogens (tertiary/aromatic N) is 2. The SMILES string of the molecule is Cc1nn(C)cc1CNc1ccc(C(N)=S)cc1Cl. The van der Waals surface area contributed by atoms with Gasteiger partial charge in [-0.1, -0.05) is 23.8 Å². The van der Waals surface area contributed by atoms with Crippen LogP contribution in [0.4, 0.5) is 5.69 Å². The Balaban J connectivity index is 2.12. The topological polar surface area (TPSA) is 55.9 Å². The van der Waals surface area contributed by atoms with E-state index in [9.17, 15) is 0 Å². The fourth-order valence-corrected chi connectivity index (χ4v) is 2.20. The third-order valence-electron chi connectivity index (χ3n) is 2.84. The zero-order valence-electron chi connectivity index (χ0n) is 10.8. The Bertz CT molecular complexity index is 621. The molecule has 2 aromatic rings. The number of nitrogens with one attached hydrogen (secondary N) is 1. The van der Waals surface area contributed by atoms with Gasteiger partial charge < -0.3 is 11.1 Å². The van der Waals surface area contributed by atoms with E-state index >= 15 is 0 Å². The highest BCUT2D eigenvalue weighted by molar-refractivity contribution is 7.80. The molecule has 0 bridgehead atoms. The van der Waals surface area contributed by atoms with Crippen LogP contribution >= 0.6 is 23.8 Å². The summed E-state index contributed by atoms with van der Waals surface area (Å²) in [5.74, 6) is 0. The van der Waals surface area contributed by atoms with E-state index in [1.807, 2.05) is 32.3 Å². The molecule has 4 nitrogen and oxygen atoms in total. The fraction of sp³-hybridized carbons (Fsp3) is 0.231. The Morgan fingerprint density at radius 2 is 2.26 bits per heavy atom. The van der Waals surface area contributed by atoms with Gasteiger partial charge in [-0.25, -0.2) is 0 Å². The minimum atomic E-state index is 0.344. The minimum absolute atomic E-state index is 0.344. The van der Waals surface area contributed by atoms with Crippen LogP contribution in [0.25, 0.3) is 0 Å². The van der Waals surface area contributed by atoms with Crippen molar-refractivity contribution in [3.05, 3.63) is 46.2 Å². The maximum absolute atomic E-state index is 6.19. The van der Waals surface area contributed by atoms with Crippen LogP contribution in [0.2, 0.25) is 5.02 Å². The lowest BCUT2D eigenvalue weighted by Gasteiger charge is -2.09. The number of nitrogens with two attached hydrogens (primary N) is 1. The second-order valence-corrected chi connectivity index (χ2v) is 5.17. The lowest BCUT2D eigenvalue weighted by molar-refractivity contribution is 0.756. The molecular formula is C13H15ClN4S. The van der Waals surface area contributed by atoms with Gasteiger partial charge in [0.15, 0.2) is 0 Å². The molecule has 1 aromatic carbocycles. The smallest absolute Gasteiger partial charge is 0.104 e. The highest BCUT2D eigenvalue weighted by Crippen LogP contribution is 2.23. The van der Waals surface area contributed by atoms with E-state index in [2.05, 4.69) is 10.4 Å². The molecule has 0 fully saturated rings. The largest absolute Gasteiger partial charge is 0.389 e. The molecule has 0 unspecified atom stereocenters. The predicted molar refractivity (Wildman–Crippen MR) is 82.6 cm³/mol. The average molecular weight is 295 g/mol. The first kappa shape index (κ1) is 13.8. The van der Waals surface area contributed by atoms with E-state index in [1.165, 1.54) is 0 Å². The fourth-order valence-electron chi connectivity index (χ4n) is 1.82. The van der Waals surface area contributed by atoms with Crippen molar-refractivity contribution in [2.45, 2.75) is 13.5 Å². The quantitative estimate of drug-likeness (QED) is 0.851. The highest BCUT2D eigenvalue weighted by atomic mass is 35.5. The summed E-state index contributed by atoms with van der Waals surface area (Å²) in [4.78, 5) is 0.344. The van der Waals surface area contributed by atoms with Crippen molar-refractivity contribution >= 4 is 34.5 Å². The van der Waals surface area contributed by atoms with Gasteiger partial charge >= 0.3 is 0 Å². The maximum Gasteiger partial charge on any atom is 0.104 e. The van der Waals surface area contributed by atoms with Gasteiger partial charge in [-0.15, -0.1) is 0 Å². The zero-order valence-corrected chi connectivity index (χ0v) is 12.3. The van der Waals surface area contributed by atoms with E-state index in [0.29, 0.717) is 16.6 Å². The van der Waals surface area contributed by atoms with Crippen LogP contribution in [-0.2, 0) is 13.6 Å². The number of hydrogen-bond acceptors (Lipinski definition) is 3. The summed E-state index contributed by atoms with van der Waals surface area (Å²) in [5, 5.41) is 8.18. The molecule has 0 aliphatic rings. The van der Waals surface area contributed by atoms with Crippen molar-refractivity contribution in [3.8, 4) is 0 Å². The number of aromatic nitrogens is 2. The molecule has 6 heteroatoms. The molecule has 0 radical (unpaired) electrons. The van der Waals surface area contributed by atoms with Crippen molar-refractivity contribution in [3.63, 3.8) is 0 Å². The molecule has 0 saturated carbocycles. The molecule has 0 aliphatic heterocycles. The summed E-state index contributed by atoms with van der Waals surface area (Å²) in [5.41, 5.74) is 9.32. The first-order valence-electron chi connectivity index (χ1n) is 5.79. The number of anilines is 1. The van der Waals surface area contributed by atoms with Crippen molar-refractivity contribution in [2.75, 3.05) is 5.32 Å². The van der Waals surface area contributed by atoms with Crippen LogP contribution in [0.3, 0.4) is 0 Å². The Kier molecular flexibility index (Phi) is 4.07. The number of hydrogen-bond donors (Lipinski definition) is 2. The Morgan fingerprint density at radius 1 is 1.53 bits per heavy atom. The van der Waals surface area contributed by atoms with Gasteiger partial charge in [0.2, 0.25) is 0 Å². The van der Waals surface area contributed by atoms with E-state index in [4.69, 9.17) is 29.6 Å². The Hall–Kier alpha value is -1.59. The Morgan fingerprint density at radius 3 is 2.79 bits per heavy atom. The van der Waals surface area contributed by atoms with Crippen LogP contribution in [0.15, 0.2) is 24.4 Å². The van der Waals surface area contributed by atoms with E-state index in [-0.39, 0.29) is 0 Å². The molecule has 19 heavy (non-hydrogen) atoms. The van der Waals surface area contributed by atoms with E-state index < -0.39 is 0 Å². The number of rotatable bonds is 4. The molecule has 1 aromatic heterocycles. The molecule has 0 saturated heterocycles. The molecule has 0 spiro atoms. The maximum atomic E-state index is 6.19. The molecule has 0 atom stereocenters. The summed E-state index contributed by atoms with van der Waals surface area (Å²) < 4.78 is 1.80. The average Bonchev–Trinajstić information content (AvgIpc) is 2.66. The predicted octanol–water partition coefficient (Wildman–Crippen LogP) is 2.63. The standard InChI is InChI=1S/C13H15ClN4S/c1-8-10(7-18(2)17-8)6-16-12-4-3-9(13(15)19)5-11(12)14/h3-5,7,16H,6H2,1-2H3,(H2,15,19). The zero-order chi connectivity index (χ0) is 14.0.